The molecule has 0 bridgehead atoms. The molecule has 6 heteroatoms. The van der Waals surface area contributed by atoms with E-state index >= 15 is 0 Å². The Morgan fingerprint density at radius 2 is 1.68 bits per heavy atom. The van der Waals surface area contributed by atoms with E-state index in [0.29, 0.717) is 28.0 Å². The molecule has 4 rings (SSSR count). The third-order valence-electron chi connectivity index (χ3n) is 5.66. The molecule has 6 nitrogen and oxygen atoms in total. The number of amides is 1. The lowest BCUT2D eigenvalue weighted by atomic mass is 9.80. The number of methoxy groups -OCH3 is 1. The van der Waals surface area contributed by atoms with E-state index in [0.717, 1.165) is 16.7 Å². The first-order chi connectivity index (χ1) is 16.2. The van der Waals surface area contributed by atoms with Gasteiger partial charge in [0.05, 0.1) is 23.8 Å². The number of nitrogens with one attached hydrogen (secondary N) is 1. The van der Waals surface area contributed by atoms with Crippen molar-refractivity contribution in [1.82, 2.24) is 4.98 Å². The average Bonchev–Trinajstić information content (AvgIpc) is 2.82. The number of carboxylic acid groups (broad SMARTS) is 1. The van der Waals surface area contributed by atoms with Gasteiger partial charge in [-0.1, -0.05) is 57.2 Å². The zero-order valence-electron chi connectivity index (χ0n) is 19.5. The van der Waals surface area contributed by atoms with E-state index in [1.54, 1.807) is 31.4 Å². The highest BCUT2D eigenvalue weighted by atomic mass is 16.5. The van der Waals surface area contributed by atoms with Crippen molar-refractivity contribution in [3.8, 4) is 16.9 Å². The van der Waals surface area contributed by atoms with Crippen molar-refractivity contribution in [3.05, 3.63) is 89.5 Å². The van der Waals surface area contributed by atoms with E-state index in [9.17, 15) is 14.7 Å². The van der Waals surface area contributed by atoms with Crippen LogP contribution in [0.25, 0.3) is 22.0 Å². The molecular weight excluding hydrogens is 428 g/mol. The minimum absolute atomic E-state index is 0.185. The van der Waals surface area contributed by atoms with E-state index in [-0.39, 0.29) is 16.9 Å². The van der Waals surface area contributed by atoms with Crippen molar-refractivity contribution < 1.29 is 19.4 Å². The third-order valence-corrected chi connectivity index (χ3v) is 5.66. The zero-order valence-corrected chi connectivity index (χ0v) is 19.5. The number of carbonyl (C=O) groups excluding carboxylic acids is 1. The molecule has 0 aliphatic rings. The molecule has 4 aromatic rings. The lowest BCUT2D eigenvalue weighted by Crippen LogP contribution is -2.23. The summed E-state index contributed by atoms with van der Waals surface area (Å²) in [6.07, 6.45) is 0. The van der Waals surface area contributed by atoms with Gasteiger partial charge in [-0.3, -0.25) is 4.79 Å². The molecule has 0 atom stereocenters. The second-order valence-electron chi connectivity index (χ2n) is 9.04. The summed E-state index contributed by atoms with van der Waals surface area (Å²) in [5, 5.41) is 12.8. The van der Waals surface area contributed by atoms with Gasteiger partial charge in [0.25, 0.3) is 5.91 Å². The Morgan fingerprint density at radius 3 is 2.32 bits per heavy atom. The SMILES string of the molecule is COc1ccc(C(C)(C)C)c(C(=O)Nc2ccc3cc(C(=O)O)ccc3n2)c1-c1ccccc1. The summed E-state index contributed by atoms with van der Waals surface area (Å²) < 4.78 is 5.65. The molecule has 2 N–H and O–H groups in total. The Morgan fingerprint density at radius 1 is 0.941 bits per heavy atom. The minimum Gasteiger partial charge on any atom is -0.496 e. The molecular formula is C28H26N2O4. The van der Waals surface area contributed by atoms with Gasteiger partial charge in [0, 0.05) is 10.9 Å². The Kier molecular flexibility index (Phi) is 6.07. The van der Waals surface area contributed by atoms with Crippen molar-refractivity contribution in [1.29, 1.82) is 0 Å². The summed E-state index contributed by atoms with van der Waals surface area (Å²) >= 11 is 0. The molecule has 0 spiro atoms. The topological polar surface area (TPSA) is 88.5 Å². The maximum absolute atomic E-state index is 13.7. The fourth-order valence-electron chi connectivity index (χ4n) is 4.01. The molecule has 1 amide bonds. The van der Waals surface area contributed by atoms with Crippen LogP contribution in [0.15, 0.2) is 72.8 Å². The molecule has 0 aliphatic heterocycles. The Labute approximate surface area is 198 Å². The maximum Gasteiger partial charge on any atom is 0.335 e. The predicted molar refractivity (Wildman–Crippen MR) is 134 cm³/mol. The fraction of sp³-hybridized carbons (Fsp3) is 0.179. The predicted octanol–water partition coefficient (Wildman–Crippen LogP) is 6.16. The third kappa shape index (κ3) is 4.48. The van der Waals surface area contributed by atoms with Gasteiger partial charge in [-0.05, 0) is 52.9 Å². The highest BCUT2D eigenvalue weighted by Crippen LogP contribution is 2.39. The number of carbonyl (C=O) groups is 2. The maximum atomic E-state index is 13.7. The van der Waals surface area contributed by atoms with Crippen molar-refractivity contribution in [2.75, 3.05) is 12.4 Å². The van der Waals surface area contributed by atoms with Crippen LogP contribution in [0.5, 0.6) is 5.75 Å². The van der Waals surface area contributed by atoms with Crippen LogP contribution in [0, 0.1) is 0 Å². The fourth-order valence-corrected chi connectivity index (χ4v) is 4.01. The van der Waals surface area contributed by atoms with Crippen LogP contribution in [0.4, 0.5) is 5.82 Å². The standard InChI is InChI=1S/C28H26N2O4/c1-28(2,3)20-12-14-22(34-4)24(17-8-6-5-7-9-17)25(20)26(31)30-23-15-11-18-16-19(27(32)33)10-13-21(18)29-23/h5-16H,1-4H3,(H,32,33)(H,29,30,31). The van der Waals surface area contributed by atoms with Crippen molar-refractivity contribution in [2.24, 2.45) is 0 Å². The van der Waals surface area contributed by atoms with Gasteiger partial charge in [-0.25, -0.2) is 9.78 Å². The highest BCUT2D eigenvalue weighted by Gasteiger charge is 2.28. The number of aromatic carboxylic acids is 1. The zero-order chi connectivity index (χ0) is 24.5. The summed E-state index contributed by atoms with van der Waals surface area (Å²) in [6.45, 7) is 6.19. The van der Waals surface area contributed by atoms with Gasteiger partial charge in [-0.2, -0.15) is 0 Å². The van der Waals surface area contributed by atoms with Crippen LogP contribution >= 0.6 is 0 Å². The van der Waals surface area contributed by atoms with Gasteiger partial charge in [-0.15, -0.1) is 0 Å². The van der Waals surface area contributed by atoms with E-state index < -0.39 is 5.97 Å². The summed E-state index contributed by atoms with van der Waals surface area (Å²) in [6, 6.07) is 21.6. The van der Waals surface area contributed by atoms with Gasteiger partial charge < -0.3 is 15.2 Å². The quantitative estimate of drug-likeness (QED) is 0.377. The Hall–Kier alpha value is -4.19. The molecule has 0 fully saturated rings. The van der Waals surface area contributed by atoms with Crippen LogP contribution in [-0.2, 0) is 5.41 Å². The van der Waals surface area contributed by atoms with Crippen molar-refractivity contribution in [3.63, 3.8) is 0 Å². The summed E-state index contributed by atoms with van der Waals surface area (Å²) in [5.41, 5.74) is 3.49. The summed E-state index contributed by atoms with van der Waals surface area (Å²) in [4.78, 5) is 29.5. The number of benzene rings is 3. The minimum atomic E-state index is -1.000. The normalized spacial score (nSPS) is 11.3. The van der Waals surface area contributed by atoms with Crippen LogP contribution in [0.1, 0.15) is 47.1 Å². The first-order valence-corrected chi connectivity index (χ1v) is 10.9. The number of pyridine rings is 1. The number of aromatic nitrogens is 1. The monoisotopic (exact) mass is 454 g/mol. The summed E-state index contributed by atoms with van der Waals surface area (Å²) in [7, 11) is 1.59. The molecule has 1 heterocycles. The van der Waals surface area contributed by atoms with Gasteiger partial charge >= 0.3 is 5.97 Å². The average molecular weight is 455 g/mol. The Balaban J connectivity index is 1.82. The second kappa shape index (κ2) is 8.98. The Bertz CT molecular complexity index is 1390. The summed E-state index contributed by atoms with van der Waals surface area (Å²) in [5.74, 6) is -0.309. The van der Waals surface area contributed by atoms with Gasteiger partial charge in [0.2, 0.25) is 0 Å². The molecule has 172 valence electrons. The van der Waals surface area contributed by atoms with E-state index in [1.807, 2.05) is 42.5 Å². The number of anilines is 1. The largest absolute Gasteiger partial charge is 0.496 e. The smallest absolute Gasteiger partial charge is 0.335 e. The van der Waals surface area contributed by atoms with Crippen LogP contribution < -0.4 is 10.1 Å². The molecule has 1 aromatic heterocycles. The van der Waals surface area contributed by atoms with E-state index in [1.165, 1.54) is 6.07 Å². The van der Waals surface area contributed by atoms with Gasteiger partial charge in [0.15, 0.2) is 0 Å². The number of rotatable bonds is 5. The number of hydrogen-bond acceptors (Lipinski definition) is 4. The lowest BCUT2D eigenvalue weighted by Gasteiger charge is -2.26. The highest BCUT2D eigenvalue weighted by molar-refractivity contribution is 6.11. The van der Waals surface area contributed by atoms with Crippen LogP contribution in [0.2, 0.25) is 0 Å². The van der Waals surface area contributed by atoms with Crippen LogP contribution in [0.3, 0.4) is 0 Å². The van der Waals surface area contributed by atoms with Crippen molar-refractivity contribution in [2.45, 2.75) is 26.2 Å². The number of nitrogens with zero attached hydrogens (tertiary/aromatic N) is 1. The number of hydrogen-bond donors (Lipinski definition) is 2. The van der Waals surface area contributed by atoms with E-state index in [4.69, 9.17) is 4.74 Å². The number of ether oxygens (including phenoxy) is 1. The number of carboxylic acids is 1. The second-order valence-corrected chi connectivity index (χ2v) is 9.04. The van der Waals surface area contributed by atoms with Crippen molar-refractivity contribution >= 4 is 28.6 Å². The lowest BCUT2D eigenvalue weighted by molar-refractivity contribution is 0.0697. The molecule has 0 saturated carbocycles. The van der Waals surface area contributed by atoms with Gasteiger partial charge in [0.1, 0.15) is 11.6 Å². The molecule has 3 aromatic carbocycles. The number of fused-ring (bicyclic) bond motifs is 1. The molecule has 0 radical (unpaired) electrons. The molecule has 0 saturated heterocycles. The molecule has 34 heavy (non-hydrogen) atoms. The molecule has 0 aliphatic carbocycles. The van der Waals surface area contributed by atoms with Crippen LogP contribution in [-0.4, -0.2) is 29.1 Å². The first kappa shape index (κ1) is 23.0. The first-order valence-electron chi connectivity index (χ1n) is 10.9. The van der Waals surface area contributed by atoms with E-state index in [2.05, 4.69) is 31.1 Å². The molecule has 0 unspecified atom stereocenters.